The Morgan fingerprint density at radius 1 is 1.09 bits per heavy atom. The molecular weight excluding hydrogens is 304 g/mol. The van der Waals surface area contributed by atoms with Gasteiger partial charge in [0.15, 0.2) is 0 Å². The summed E-state index contributed by atoms with van der Waals surface area (Å²) in [7, 11) is 1.42. The highest BCUT2D eigenvalue weighted by atomic mass is 32.1. The van der Waals surface area contributed by atoms with Crippen molar-refractivity contribution in [2.24, 2.45) is 0 Å². The molecule has 0 N–H and O–H groups in total. The number of fused-ring (bicyclic) bond motifs is 3. The zero-order chi connectivity index (χ0) is 15.8. The Hall–Kier alpha value is -2.39. The molecule has 1 heterocycles. The van der Waals surface area contributed by atoms with Crippen molar-refractivity contribution in [2.75, 3.05) is 7.11 Å². The minimum atomic E-state index is -0.280. The van der Waals surface area contributed by atoms with Gasteiger partial charge in [-0.25, -0.2) is 4.79 Å². The van der Waals surface area contributed by atoms with Crippen LogP contribution in [-0.2, 0) is 11.2 Å². The molecule has 0 fully saturated rings. The lowest BCUT2D eigenvalue weighted by atomic mass is 9.90. The van der Waals surface area contributed by atoms with Gasteiger partial charge in [-0.15, -0.1) is 0 Å². The van der Waals surface area contributed by atoms with Crippen LogP contribution in [0.4, 0.5) is 0 Å². The van der Waals surface area contributed by atoms with Crippen molar-refractivity contribution in [1.29, 1.82) is 0 Å². The van der Waals surface area contributed by atoms with Crippen LogP contribution in [0.3, 0.4) is 0 Å². The van der Waals surface area contributed by atoms with E-state index >= 15 is 0 Å². The van der Waals surface area contributed by atoms with Gasteiger partial charge in [0.05, 0.1) is 12.7 Å². The average Bonchev–Trinajstić information content (AvgIpc) is 3.21. The number of rotatable bonds is 3. The van der Waals surface area contributed by atoms with Crippen LogP contribution in [0.5, 0.6) is 0 Å². The predicted molar refractivity (Wildman–Crippen MR) is 93.1 cm³/mol. The number of carbonyl (C=O) groups is 1. The quantitative estimate of drug-likeness (QED) is 0.642. The number of ether oxygens (including phenoxy) is 1. The van der Waals surface area contributed by atoms with Crippen LogP contribution in [-0.4, -0.2) is 13.1 Å². The first-order chi connectivity index (χ1) is 11.3. The van der Waals surface area contributed by atoms with Crippen LogP contribution in [0, 0.1) is 0 Å². The summed E-state index contributed by atoms with van der Waals surface area (Å²) in [6.07, 6.45) is 0.956. The lowest BCUT2D eigenvalue weighted by molar-refractivity contribution is 0.0600. The van der Waals surface area contributed by atoms with E-state index < -0.39 is 0 Å². The van der Waals surface area contributed by atoms with Crippen molar-refractivity contribution in [1.82, 2.24) is 0 Å². The number of carbonyl (C=O) groups excluding carboxylic acids is 1. The van der Waals surface area contributed by atoms with E-state index in [1.807, 2.05) is 18.2 Å². The fourth-order valence-electron chi connectivity index (χ4n) is 3.42. The fraction of sp³-hybridized carbons (Fsp3) is 0.150. The van der Waals surface area contributed by atoms with Gasteiger partial charge in [0, 0.05) is 5.92 Å². The second-order valence-electron chi connectivity index (χ2n) is 5.77. The molecule has 2 nitrogen and oxygen atoms in total. The molecule has 2 aromatic carbocycles. The second-order valence-corrected chi connectivity index (χ2v) is 6.55. The van der Waals surface area contributed by atoms with E-state index in [1.54, 1.807) is 11.3 Å². The number of hydrogen-bond donors (Lipinski definition) is 0. The molecule has 1 aromatic heterocycles. The Morgan fingerprint density at radius 2 is 1.91 bits per heavy atom. The average molecular weight is 320 g/mol. The smallest absolute Gasteiger partial charge is 0.337 e. The monoisotopic (exact) mass is 320 g/mol. The minimum absolute atomic E-state index is 0.280. The van der Waals surface area contributed by atoms with E-state index in [0.717, 1.165) is 6.42 Å². The lowest BCUT2D eigenvalue weighted by Gasteiger charge is -2.13. The van der Waals surface area contributed by atoms with Gasteiger partial charge in [-0.1, -0.05) is 30.3 Å². The molecule has 3 aromatic rings. The largest absolute Gasteiger partial charge is 0.465 e. The summed E-state index contributed by atoms with van der Waals surface area (Å²) in [6.45, 7) is 0. The molecule has 1 unspecified atom stereocenters. The summed E-state index contributed by atoms with van der Waals surface area (Å²) in [5, 5.41) is 4.31. The van der Waals surface area contributed by atoms with Crippen LogP contribution in [0.25, 0.3) is 11.1 Å². The van der Waals surface area contributed by atoms with Crippen molar-refractivity contribution >= 4 is 17.3 Å². The van der Waals surface area contributed by atoms with E-state index in [0.29, 0.717) is 11.5 Å². The molecule has 0 saturated heterocycles. The number of esters is 1. The molecule has 1 atom stereocenters. The van der Waals surface area contributed by atoms with Crippen molar-refractivity contribution in [3.05, 3.63) is 81.5 Å². The van der Waals surface area contributed by atoms with Crippen molar-refractivity contribution in [2.45, 2.75) is 12.3 Å². The Kier molecular flexibility index (Phi) is 3.50. The molecule has 0 amide bonds. The van der Waals surface area contributed by atoms with Gasteiger partial charge in [0.2, 0.25) is 0 Å². The summed E-state index contributed by atoms with van der Waals surface area (Å²) in [6, 6.07) is 16.6. The van der Waals surface area contributed by atoms with Gasteiger partial charge in [-0.2, -0.15) is 11.3 Å². The highest BCUT2D eigenvalue weighted by molar-refractivity contribution is 7.07. The normalized spacial score (nSPS) is 15.1. The van der Waals surface area contributed by atoms with E-state index in [2.05, 4.69) is 41.1 Å². The maximum Gasteiger partial charge on any atom is 0.337 e. The zero-order valence-electron chi connectivity index (χ0n) is 12.8. The molecule has 0 saturated carbocycles. The maximum atomic E-state index is 11.9. The third-order valence-corrected chi connectivity index (χ3v) is 5.23. The third-order valence-electron chi connectivity index (χ3n) is 4.49. The molecule has 1 aliphatic carbocycles. The molecule has 4 rings (SSSR count). The van der Waals surface area contributed by atoms with E-state index in [9.17, 15) is 4.79 Å². The van der Waals surface area contributed by atoms with Crippen LogP contribution in [0.2, 0.25) is 0 Å². The van der Waals surface area contributed by atoms with Crippen molar-refractivity contribution < 1.29 is 9.53 Å². The molecule has 3 heteroatoms. The summed E-state index contributed by atoms with van der Waals surface area (Å²) in [5.74, 6) is 0.0124. The van der Waals surface area contributed by atoms with Crippen LogP contribution < -0.4 is 0 Å². The topological polar surface area (TPSA) is 26.3 Å². The van der Waals surface area contributed by atoms with Gasteiger partial charge in [-0.3, -0.25) is 0 Å². The molecule has 1 aliphatic rings. The lowest BCUT2D eigenvalue weighted by Crippen LogP contribution is -2.05. The summed E-state index contributed by atoms with van der Waals surface area (Å²) < 4.78 is 4.88. The van der Waals surface area contributed by atoms with Crippen LogP contribution >= 0.6 is 11.3 Å². The first-order valence-electron chi connectivity index (χ1n) is 7.60. The first kappa shape index (κ1) is 14.2. The van der Waals surface area contributed by atoms with E-state index in [-0.39, 0.29) is 5.97 Å². The molecule has 0 aliphatic heterocycles. The Bertz CT molecular complexity index is 865. The first-order valence-corrected chi connectivity index (χ1v) is 8.55. The predicted octanol–water partition coefficient (Wildman–Crippen LogP) is 4.89. The highest BCUT2D eigenvalue weighted by Crippen LogP contribution is 2.46. The summed E-state index contributed by atoms with van der Waals surface area (Å²) in [5.41, 5.74) is 7.03. The SMILES string of the molecule is COC(=O)c1ccc2c(c1)C(Cc1ccsc1)c1ccccc1-2. The standard InChI is InChI=1S/C20H16O2S/c1-22-20(21)14-6-7-17-15-4-2-3-5-16(15)18(19(17)11-14)10-13-8-9-23-12-13/h2-9,11-12,18H,10H2,1H3. The van der Waals surface area contributed by atoms with E-state index in [1.165, 1.54) is 34.9 Å². The van der Waals surface area contributed by atoms with Gasteiger partial charge in [0.25, 0.3) is 0 Å². The Labute approximate surface area is 139 Å². The fourth-order valence-corrected chi connectivity index (χ4v) is 4.10. The number of benzene rings is 2. The molecule has 114 valence electrons. The number of thiophene rings is 1. The third kappa shape index (κ3) is 2.37. The van der Waals surface area contributed by atoms with E-state index in [4.69, 9.17) is 4.74 Å². The van der Waals surface area contributed by atoms with Gasteiger partial charge in [-0.05, 0) is 63.2 Å². The van der Waals surface area contributed by atoms with Crippen LogP contribution in [0.1, 0.15) is 33.0 Å². The van der Waals surface area contributed by atoms with Gasteiger partial charge in [0.1, 0.15) is 0 Å². The minimum Gasteiger partial charge on any atom is -0.465 e. The Morgan fingerprint density at radius 3 is 2.70 bits per heavy atom. The van der Waals surface area contributed by atoms with Gasteiger partial charge < -0.3 is 4.74 Å². The summed E-state index contributed by atoms with van der Waals surface area (Å²) >= 11 is 1.72. The number of hydrogen-bond acceptors (Lipinski definition) is 3. The molecule has 0 spiro atoms. The second kappa shape index (κ2) is 5.67. The maximum absolute atomic E-state index is 11.9. The Balaban J connectivity index is 1.84. The van der Waals surface area contributed by atoms with Crippen molar-refractivity contribution in [3.63, 3.8) is 0 Å². The molecular formula is C20H16O2S. The summed E-state index contributed by atoms with van der Waals surface area (Å²) in [4.78, 5) is 11.9. The van der Waals surface area contributed by atoms with Crippen LogP contribution in [0.15, 0.2) is 59.3 Å². The van der Waals surface area contributed by atoms with Crippen molar-refractivity contribution in [3.8, 4) is 11.1 Å². The molecule has 0 bridgehead atoms. The highest BCUT2D eigenvalue weighted by Gasteiger charge is 2.29. The molecule has 23 heavy (non-hydrogen) atoms. The zero-order valence-corrected chi connectivity index (χ0v) is 13.6. The number of methoxy groups -OCH3 is 1. The molecule has 0 radical (unpaired) electrons. The van der Waals surface area contributed by atoms with Gasteiger partial charge >= 0.3 is 5.97 Å².